The summed E-state index contributed by atoms with van der Waals surface area (Å²) in [6, 6.07) is 3.92. The van der Waals surface area contributed by atoms with Gasteiger partial charge in [-0.25, -0.2) is 0 Å². The number of nitrogen functional groups attached to an aromatic ring is 1. The third kappa shape index (κ3) is 1.81. The van der Waals surface area contributed by atoms with Crippen LogP contribution in [0.2, 0.25) is 0 Å². The normalized spacial score (nSPS) is 10.2. The lowest BCUT2D eigenvalue weighted by Gasteiger charge is -2.09. The highest BCUT2D eigenvalue weighted by molar-refractivity contribution is 5.77. The van der Waals surface area contributed by atoms with E-state index in [1.54, 1.807) is 12.4 Å². The first-order chi connectivity index (χ1) is 7.33. The number of anilines is 1. The molecule has 0 aliphatic rings. The minimum atomic E-state index is 0.711. The summed E-state index contributed by atoms with van der Waals surface area (Å²) in [5.41, 5.74) is 9.91. The molecule has 2 rings (SSSR count). The molecule has 3 heteroatoms. The number of nitrogens with zero attached hydrogens (tertiary/aromatic N) is 2. The molecule has 2 aromatic heterocycles. The molecule has 0 aliphatic heterocycles. The SMILES string of the molecule is CCc1cncc(N)c1-c1cccnc1. The van der Waals surface area contributed by atoms with Crippen LogP contribution in [0.1, 0.15) is 12.5 Å². The molecule has 0 saturated carbocycles. The maximum absolute atomic E-state index is 5.94. The molecule has 0 aliphatic carbocycles. The Morgan fingerprint density at radius 2 is 2.07 bits per heavy atom. The van der Waals surface area contributed by atoms with Gasteiger partial charge in [-0.1, -0.05) is 13.0 Å². The van der Waals surface area contributed by atoms with E-state index in [1.165, 1.54) is 0 Å². The molecular weight excluding hydrogens is 186 g/mol. The van der Waals surface area contributed by atoms with Gasteiger partial charge in [0.05, 0.1) is 11.9 Å². The van der Waals surface area contributed by atoms with Gasteiger partial charge < -0.3 is 5.73 Å². The number of aromatic nitrogens is 2. The molecule has 3 nitrogen and oxygen atoms in total. The Morgan fingerprint density at radius 1 is 1.20 bits per heavy atom. The van der Waals surface area contributed by atoms with Gasteiger partial charge in [0.1, 0.15) is 0 Å². The Morgan fingerprint density at radius 3 is 2.73 bits per heavy atom. The van der Waals surface area contributed by atoms with E-state index in [4.69, 9.17) is 5.73 Å². The van der Waals surface area contributed by atoms with Gasteiger partial charge in [0.2, 0.25) is 0 Å². The number of pyridine rings is 2. The van der Waals surface area contributed by atoms with Crippen LogP contribution in [-0.4, -0.2) is 9.97 Å². The van der Waals surface area contributed by atoms with Crippen molar-refractivity contribution in [2.24, 2.45) is 0 Å². The average molecular weight is 199 g/mol. The van der Waals surface area contributed by atoms with Crippen molar-refractivity contribution in [2.75, 3.05) is 5.73 Å². The number of hydrogen-bond donors (Lipinski definition) is 1. The number of hydrogen-bond acceptors (Lipinski definition) is 3. The van der Waals surface area contributed by atoms with Crippen LogP contribution in [0.25, 0.3) is 11.1 Å². The first-order valence-corrected chi connectivity index (χ1v) is 4.95. The molecule has 0 bridgehead atoms. The molecule has 0 aromatic carbocycles. The lowest BCUT2D eigenvalue weighted by Crippen LogP contribution is -1.96. The molecule has 15 heavy (non-hydrogen) atoms. The highest BCUT2D eigenvalue weighted by atomic mass is 14.7. The standard InChI is InChI=1S/C12H13N3/c1-2-9-6-15-8-11(13)12(9)10-4-3-5-14-7-10/h3-8H,2,13H2,1H3. The summed E-state index contributed by atoms with van der Waals surface area (Å²) in [5.74, 6) is 0. The topological polar surface area (TPSA) is 51.8 Å². The van der Waals surface area contributed by atoms with Crippen LogP contribution >= 0.6 is 0 Å². The Hall–Kier alpha value is -1.90. The second kappa shape index (κ2) is 4.09. The molecule has 2 aromatic rings. The van der Waals surface area contributed by atoms with Crippen molar-refractivity contribution in [1.82, 2.24) is 9.97 Å². The molecule has 0 amide bonds. The van der Waals surface area contributed by atoms with Crippen molar-refractivity contribution in [3.8, 4) is 11.1 Å². The zero-order chi connectivity index (χ0) is 10.7. The minimum absolute atomic E-state index is 0.711. The fourth-order valence-electron chi connectivity index (χ4n) is 1.65. The quantitative estimate of drug-likeness (QED) is 0.807. The lowest BCUT2D eigenvalue weighted by atomic mass is 10.0. The molecule has 0 fully saturated rings. The highest BCUT2D eigenvalue weighted by Gasteiger charge is 2.07. The van der Waals surface area contributed by atoms with Crippen molar-refractivity contribution in [3.63, 3.8) is 0 Å². The van der Waals surface area contributed by atoms with Gasteiger partial charge in [-0.15, -0.1) is 0 Å². The summed E-state index contributed by atoms with van der Waals surface area (Å²) < 4.78 is 0. The molecule has 0 radical (unpaired) electrons. The van der Waals surface area contributed by atoms with Crippen LogP contribution in [0, 0.1) is 0 Å². The van der Waals surface area contributed by atoms with Crippen molar-refractivity contribution < 1.29 is 0 Å². The first kappa shape index (κ1) is 9.65. The highest BCUT2D eigenvalue weighted by Crippen LogP contribution is 2.28. The Kier molecular flexibility index (Phi) is 2.63. The van der Waals surface area contributed by atoms with Crippen LogP contribution in [0.4, 0.5) is 5.69 Å². The second-order valence-electron chi connectivity index (χ2n) is 3.36. The maximum Gasteiger partial charge on any atom is 0.0583 e. The van der Waals surface area contributed by atoms with E-state index in [0.717, 1.165) is 23.1 Å². The van der Waals surface area contributed by atoms with Crippen LogP contribution < -0.4 is 5.73 Å². The summed E-state index contributed by atoms with van der Waals surface area (Å²) in [7, 11) is 0. The van der Waals surface area contributed by atoms with Gasteiger partial charge in [-0.2, -0.15) is 0 Å². The van der Waals surface area contributed by atoms with Crippen LogP contribution in [0.15, 0.2) is 36.9 Å². The smallest absolute Gasteiger partial charge is 0.0583 e. The van der Waals surface area contributed by atoms with Gasteiger partial charge in [-0.05, 0) is 18.1 Å². The van der Waals surface area contributed by atoms with E-state index >= 15 is 0 Å². The average Bonchev–Trinajstić information content (AvgIpc) is 2.29. The predicted molar refractivity (Wildman–Crippen MR) is 61.3 cm³/mol. The van der Waals surface area contributed by atoms with Crippen LogP contribution in [0.5, 0.6) is 0 Å². The van der Waals surface area contributed by atoms with Crippen molar-refractivity contribution >= 4 is 5.69 Å². The number of aryl methyl sites for hydroxylation is 1. The summed E-state index contributed by atoms with van der Waals surface area (Å²) in [6.45, 7) is 2.09. The molecular formula is C12H13N3. The zero-order valence-electron chi connectivity index (χ0n) is 8.64. The molecule has 2 N–H and O–H groups in total. The Balaban J connectivity index is 2.61. The number of nitrogens with two attached hydrogens (primary N) is 1. The number of rotatable bonds is 2. The van der Waals surface area contributed by atoms with Crippen LogP contribution in [-0.2, 0) is 6.42 Å². The zero-order valence-corrected chi connectivity index (χ0v) is 8.64. The monoisotopic (exact) mass is 199 g/mol. The third-order valence-corrected chi connectivity index (χ3v) is 2.38. The van der Waals surface area contributed by atoms with Gasteiger partial charge in [-0.3, -0.25) is 9.97 Å². The summed E-state index contributed by atoms with van der Waals surface area (Å²) in [6.07, 6.45) is 8.04. The fourth-order valence-corrected chi connectivity index (χ4v) is 1.65. The van der Waals surface area contributed by atoms with Crippen molar-refractivity contribution in [2.45, 2.75) is 13.3 Å². The van der Waals surface area contributed by atoms with E-state index < -0.39 is 0 Å². The van der Waals surface area contributed by atoms with E-state index in [0.29, 0.717) is 5.69 Å². The van der Waals surface area contributed by atoms with Gasteiger partial charge in [0.15, 0.2) is 0 Å². The minimum Gasteiger partial charge on any atom is -0.397 e. The molecule has 76 valence electrons. The first-order valence-electron chi connectivity index (χ1n) is 4.95. The van der Waals surface area contributed by atoms with E-state index in [2.05, 4.69) is 16.9 Å². The van der Waals surface area contributed by atoms with E-state index in [9.17, 15) is 0 Å². The maximum atomic E-state index is 5.94. The van der Waals surface area contributed by atoms with Crippen molar-refractivity contribution in [1.29, 1.82) is 0 Å². The van der Waals surface area contributed by atoms with Gasteiger partial charge in [0.25, 0.3) is 0 Å². The van der Waals surface area contributed by atoms with E-state index in [1.807, 2.05) is 24.5 Å². The molecule has 0 saturated heterocycles. The molecule has 0 spiro atoms. The molecule has 0 unspecified atom stereocenters. The summed E-state index contributed by atoms with van der Waals surface area (Å²) >= 11 is 0. The second-order valence-corrected chi connectivity index (χ2v) is 3.36. The van der Waals surface area contributed by atoms with E-state index in [-0.39, 0.29) is 0 Å². The van der Waals surface area contributed by atoms with Gasteiger partial charge >= 0.3 is 0 Å². The Bertz CT molecular complexity index is 452. The Labute approximate surface area is 89.0 Å². The van der Waals surface area contributed by atoms with Gasteiger partial charge in [0, 0.05) is 29.7 Å². The molecule has 0 atom stereocenters. The largest absolute Gasteiger partial charge is 0.397 e. The lowest BCUT2D eigenvalue weighted by molar-refractivity contribution is 1.11. The van der Waals surface area contributed by atoms with Crippen molar-refractivity contribution in [3.05, 3.63) is 42.5 Å². The summed E-state index contributed by atoms with van der Waals surface area (Å²) in [4.78, 5) is 8.20. The summed E-state index contributed by atoms with van der Waals surface area (Å²) in [5, 5.41) is 0. The fraction of sp³-hybridized carbons (Fsp3) is 0.167. The third-order valence-electron chi connectivity index (χ3n) is 2.38. The predicted octanol–water partition coefficient (Wildman–Crippen LogP) is 2.29. The van der Waals surface area contributed by atoms with Crippen LogP contribution in [0.3, 0.4) is 0 Å². The molecule has 2 heterocycles.